The normalized spacial score (nSPS) is 13.3. The lowest BCUT2D eigenvalue weighted by molar-refractivity contribution is 0.422. The van der Waals surface area contributed by atoms with Gasteiger partial charge >= 0.3 is 0 Å². The van der Waals surface area contributed by atoms with Crippen LogP contribution < -0.4 is 0 Å². The van der Waals surface area contributed by atoms with Crippen LogP contribution in [0.5, 0.6) is 11.5 Å². The van der Waals surface area contributed by atoms with Crippen molar-refractivity contribution in [3.63, 3.8) is 0 Å². The summed E-state index contributed by atoms with van der Waals surface area (Å²) < 4.78 is 0. The van der Waals surface area contributed by atoms with Gasteiger partial charge in [0.15, 0.2) is 0 Å². The van der Waals surface area contributed by atoms with Crippen LogP contribution in [0.15, 0.2) is 24.3 Å². The van der Waals surface area contributed by atoms with Crippen LogP contribution >= 0.6 is 11.8 Å². The SMILES string of the molecule is CC(C)(C)c1cc(CCCSCCc2cc(C(C)(C)C)c(O)c(C(C)(C)C)c2)cc(C(C)(C)C)c1O. The summed E-state index contributed by atoms with van der Waals surface area (Å²) in [7, 11) is 0. The molecule has 2 nitrogen and oxygen atoms in total. The quantitative estimate of drug-likeness (QED) is 0.363. The number of aryl methyl sites for hydroxylation is 2. The first-order chi connectivity index (χ1) is 16.2. The molecule has 0 unspecified atom stereocenters. The van der Waals surface area contributed by atoms with Crippen LogP contribution in [0.1, 0.15) is 123 Å². The van der Waals surface area contributed by atoms with E-state index in [-0.39, 0.29) is 21.7 Å². The smallest absolute Gasteiger partial charge is 0.123 e. The maximum atomic E-state index is 11.0. The number of hydrogen-bond acceptors (Lipinski definition) is 3. The fourth-order valence-electron chi connectivity index (χ4n) is 4.63. The number of aromatic hydroxyl groups is 2. The second-order valence-electron chi connectivity index (χ2n) is 14.5. The van der Waals surface area contributed by atoms with Crippen LogP contribution in [0.3, 0.4) is 0 Å². The van der Waals surface area contributed by atoms with Gasteiger partial charge in [0.1, 0.15) is 11.5 Å². The minimum absolute atomic E-state index is 0.0865. The largest absolute Gasteiger partial charge is 0.507 e. The molecule has 0 aliphatic heterocycles. The summed E-state index contributed by atoms with van der Waals surface area (Å²) in [4.78, 5) is 0. The number of benzene rings is 2. The van der Waals surface area contributed by atoms with Gasteiger partial charge in [-0.25, -0.2) is 0 Å². The Hall–Kier alpha value is -1.61. The Balaban J connectivity index is 2.06. The minimum atomic E-state index is -0.0881. The van der Waals surface area contributed by atoms with E-state index in [1.807, 2.05) is 11.8 Å². The highest BCUT2D eigenvalue weighted by molar-refractivity contribution is 7.99. The van der Waals surface area contributed by atoms with Crippen LogP contribution in [-0.2, 0) is 34.5 Å². The van der Waals surface area contributed by atoms with Gasteiger partial charge in [0.2, 0.25) is 0 Å². The lowest BCUT2D eigenvalue weighted by Crippen LogP contribution is -2.18. The van der Waals surface area contributed by atoms with Crippen molar-refractivity contribution in [1.82, 2.24) is 0 Å². The molecule has 0 aliphatic rings. The zero-order valence-electron chi connectivity index (χ0n) is 25.1. The Labute approximate surface area is 226 Å². The number of phenols is 2. The van der Waals surface area contributed by atoms with Crippen molar-refractivity contribution in [3.8, 4) is 11.5 Å². The van der Waals surface area contributed by atoms with Crippen LogP contribution in [0, 0.1) is 0 Å². The van der Waals surface area contributed by atoms with Crippen molar-refractivity contribution in [2.24, 2.45) is 0 Å². The fourth-order valence-corrected chi connectivity index (χ4v) is 5.57. The Morgan fingerprint density at radius 1 is 0.500 bits per heavy atom. The average Bonchev–Trinajstić information content (AvgIpc) is 2.68. The summed E-state index contributed by atoms with van der Waals surface area (Å²) in [6.45, 7) is 26.1. The van der Waals surface area contributed by atoms with Crippen molar-refractivity contribution in [3.05, 3.63) is 57.6 Å². The van der Waals surface area contributed by atoms with Crippen molar-refractivity contribution in [2.45, 2.75) is 124 Å². The van der Waals surface area contributed by atoms with E-state index in [4.69, 9.17) is 0 Å². The lowest BCUT2D eigenvalue weighted by Gasteiger charge is -2.28. The van der Waals surface area contributed by atoms with Crippen molar-refractivity contribution in [2.75, 3.05) is 11.5 Å². The zero-order valence-corrected chi connectivity index (χ0v) is 26.0. The van der Waals surface area contributed by atoms with E-state index in [1.54, 1.807) is 0 Å². The van der Waals surface area contributed by atoms with Crippen LogP contribution in [0.4, 0.5) is 0 Å². The predicted octanol–water partition coefficient (Wildman–Crippen LogP) is 9.20. The molecule has 2 aromatic rings. The van der Waals surface area contributed by atoms with Gasteiger partial charge in [-0.15, -0.1) is 0 Å². The van der Waals surface area contributed by atoms with E-state index < -0.39 is 0 Å². The lowest BCUT2D eigenvalue weighted by atomic mass is 9.78. The minimum Gasteiger partial charge on any atom is -0.507 e. The Bertz CT molecular complexity index is 882. The molecule has 2 aromatic carbocycles. The number of thioether (sulfide) groups is 1. The second-order valence-corrected chi connectivity index (χ2v) is 15.8. The summed E-state index contributed by atoms with van der Waals surface area (Å²) in [6, 6.07) is 8.86. The van der Waals surface area contributed by atoms with Gasteiger partial charge < -0.3 is 10.2 Å². The first-order valence-electron chi connectivity index (χ1n) is 13.5. The van der Waals surface area contributed by atoms with Gasteiger partial charge in [-0.05, 0) is 85.8 Å². The third kappa shape index (κ3) is 7.94. The molecule has 3 heteroatoms. The Kier molecular flexibility index (Phi) is 9.37. The van der Waals surface area contributed by atoms with Crippen LogP contribution in [0.2, 0.25) is 0 Å². The number of rotatable bonds is 7. The molecule has 0 saturated carbocycles. The van der Waals surface area contributed by atoms with Gasteiger partial charge in [0.05, 0.1) is 0 Å². The molecule has 0 fully saturated rings. The van der Waals surface area contributed by atoms with Gasteiger partial charge in [-0.1, -0.05) is 107 Å². The molecule has 2 N–H and O–H groups in total. The molecule has 0 spiro atoms. The highest BCUT2D eigenvalue weighted by atomic mass is 32.2. The Morgan fingerprint density at radius 3 is 1.11 bits per heavy atom. The van der Waals surface area contributed by atoms with Crippen LogP contribution in [0.25, 0.3) is 0 Å². The van der Waals surface area contributed by atoms with E-state index in [0.717, 1.165) is 53.0 Å². The van der Waals surface area contributed by atoms with E-state index in [2.05, 4.69) is 107 Å². The van der Waals surface area contributed by atoms with Gasteiger partial charge in [-0.3, -0.25) is 0 Å². The van der Waals surface area contributed by atoms with Gasteiger partial charge in [0, 0.05) is 0 Å². The zero-order chi connectivity index (χ0) is 27.7. The summed E-state index contributed by atoms with van der Waals surface area (Å²) in [5.74, 6) is 3.12. The summed E-state index contributed by atoms with van der Waals surface area (Å²) in [6.07, 6.45) is 3.17. The topological polar surface area (TPSA) is 40.5 Å². The molecule has 0 aromatic heterocycles. The molecule has 202 valence electrons. The molecule has 0 atom stereocenters. The molecule has 0 radical (unpaired) electrons. The van der Waals surface area contributed by atoms with E-state index in [9.17, 15) is 10.2 Å². The van der Waals surface area contributed by atoms with E-state index in [1.165, 1.54) is 11.1 Å². The molecular formula is C33H52O2S. The standard InChI is InChI=1S/C33H52O2S/c1-30(2,3)24-18-22(19-25(28(24)34)31(4,5)6)14-13-16-36-17-15-23-20-26(32(7,8)9)29(35)27(21-23)33(10,11)12/h18-21,34-35H,13-17H2,1-12H3. The van der Waals surface area contributed by atoms with Crippen LogP contribution in [-0.4, -0.2) is 21.7 Å². The molecule has 0 amide bonds. The maximum Gasteiger partial charge on any atom is 0.123 e. The molecule has 0 bridgehead atoms. The highest BCUT2D eigenvalue weighted by Gasteiger charge is 2.27. The molecule has 36 heavy (non-hydrogen) atoms. The number of phenolic OH excluding ortho intramolecular Hbond substituents is 2. The summed E-state index contributed by atoms with van der Waals surface area (Å²) in [5, 5.41) is 21.9. The third-order valence-electron chi connectivity index (χ3n) is 6.86. The maximum absolute atomic E-state index is 11.0. The van der Waals surface area contributed by atoms with Crippen molar-refractivity contribution < 1.29 is 10.2 Å². The van der Waals surface area contributed by atoms with Gasteiger partial charge in [-0.2, -0.15) is 11.8 Å². The third-order valence-corrected chi connectivity index (χ3v) is 7.93. The van der Waals surface area contributed by atoms with E-state index in [0.29, 0.717) is 11.5 Å². The fraction of sp³-hybridized carbons (Fsp3) is 0.636. The molecule has 0 aliphatic carbocycles. The molecular weight excluding hydrogens is 460 g/mol. The monoisotopic (exact) mass is 512 g/mol. The molecule has 0 saturated heterocycles. The second kappa shape index (κ2) is 11.0. The van der Waals surface area contributed by atoms with Crippen molar-refractivity contribution >= 4 is 11.8 Å². The number of hydrogen-bond donors (Lipinski definition) is 2. The molecule has 2 rings (SSSR count). The molecule has 0 heterocycles. The van der Waals surface area contributed by atoms with Gasteiger partial charge in [0.25, 0.3) is 0 Å². The highest BCUT2D eigenvalue weighted by Crippen LogP contribution is 2.41. The summed E-state index contributed by atoms with van der Waals surface area (Å²) >= 11 is 2.01. The first kappa shape index (κ1) is 30.6. The van der Waals surface area contributed by atoms with Crippen molar-refractivity contribution in [1.29, 1.82) is 0 Å². The average molecular weight is 513 g/mol. The first-order valence-corrected chi connectivity index (χ1v) is 14.7. The van der Waals surface area contributed by atoms with E-state index >= 15 is 0 Å². The Morgan fingerprint density at radius 2 is 0.806 bits per heavy atom. The predicted molar refractivity (Wildman–Crippen MR) is 160 cm³/mol. The summed E-state index contributed by atoms with van der Waals surface area (Å²) in [5.41, 5.74) is 6.49.